The van der Waals surface area contributed by atoms with E-state index in [0.29, 0.717) is 5.02 Å². The standard InChI is InChI=1S/C40H37ClO5S2/c1-25-10-14-28(15-11-25)34-23-38(42)35-24-39(47(43,44)30-18-12-26(2)13-19-30)36(33-9-5-7-27-6-3-4-8-32(27)33)22-37(35)40(34)48(45,46)31-20-16-29(41)17-21-31/h3-21,34-37,39-40H,22-24H2,1-2H3/t34-,35+,36?,37-,39?,40?/m0/s1. The molecule has 246 valence electrons. The number of aryl methyl sites for hydroxylation is 2. The van der Waals surface area contributed by atoms with Crippen molar-refractivity contribution in [3.8, 4) is 0 Å². The fourth-order valence-corrected chi connectivity index (χ4v) is 12.6. The summed E-state index contributed by atoms with van der Waals surface area (Å²) in [5, 5.41) is 0.488. The van der Waals surface area contributed by atoms with Gasteiger partial charge in [-0.05, 0) is 90.9 Å². The van der Waals surface area contributed by atoms with Gasteiger partial charge in [0, 0.05) is 29.2 Å². The largest absolute Gasteiger partial charge is 0.299 e. The zero-order chi connectivity index (χ0) is 33.8. The lowest BCUT2D eigenvalue weighted by Gasteiger charge is -2.48. The molecular weight excluding hydrogens is 660 g/mol. The van der Waals surface area contributed by atoms with Crippen LogP contribution in [0.4, 0.5) is 0 Å². The van der Waals surface area contributed by atoms with Crippen molar-refractivity contribution in [1.29, 1.82) is 0 Å². The molecular formula is C40H37ClO5S2. The molecule has 0 radical (unpaired) electrons. The van der Waals surface area contributed by atoms with Gasteiger partial charge in [-0.2, -0.15) is 0 Å². The van der Waals surface area contributed by atoms with Gasteiger partial charge in [-0.1, -0.05) is 102 Å². The molecule has 48 heavy (non-hydrogen) atoms. The van der Waals surface area contributed by atoms with Gasteiger partial charge < -0.3 is 0 Å². The molecule has 3 unspecified atom stereocenters. The summed E-state index contributed by atoms with van der Waals surface area (Å²) in [6, 6.07) is 34.6. The highest BCUT2D eigenvalue weighted by Gasteiger charge is 2.56. The van der Waals surface area contributed by atoms with E-state index in [2.05, 4.69) is 0 Å². The third-order valence-corrected chi connectivity index (χ3v) is 15.4. The van der Waals surface area contributed by atoms with Crippen molar-refractivity contribution < 1.29 is 21.6 Å². The Balaban J connectivity index is 1.42. The highest BCUT2D eigenvalue weighted by molar-refractivity contribution is 7.92. The van der Waals surface area contributed by atoms with Crippen molar-refractivity contribution in [3.05, 3.63) is 143 Å². The van der Waals surface area contributed by atoms with Crippen LogP contribution >= 0.6 is 11.6 Å². The molecule has 8 heteroatoms. The van der Waals surface area contributed by atoms with Crippen molar-refractivity contribution in [1.82, 2.24) is 0 Å². The molecule has 6 atom stereocenters. The molecule has 0 heterocycles. The number of sulfone groups is 2. The summed E-state index contributed by atoms with van der Waals surface area (Å²) >= 11 is 6.17. The number of hydrogen-bond acceptors (Lipinski definition) is 5. The summed E-state index contributed by atoms with van der Waals surface area (Å²) < 4.78 is 58.9. The first-order valence-corrected chi connectivity index (χ1v) is 19.8. The molecule has 5 aromatic rings. The van der Waals surface area contributed by atoms with Crippen molar-refractivity contribution in [2.75, 3.05) is 0 Å². The fraction of sp³-hybridized carbons (Fsp3) is 0.275. The predicted molar refractivity (Wildman–Crippen MR) is 191 cm³/mol. The minimum Gasteiger partial charge on any atom is -0.299 e. The molecule has 5 aromatic carbocycles. The van der Waals surface area contributed by atoms with Crippen LogP contribution in [-0.4, -0.2) is 33.1 Å². The summed E-state index contributed by atoms with van der Waals surface area (Å²) in [6.07, 6.45) is 0.318. The monoisotopic (exact) mass is 696 g/mol. The quantitative estimate of drug-likeness (QED) is 0.177. The highest BCUT2D eigenvalue weighted by Crippen LogP contribution is 2.54. The first-order chi connectivity index (χ1) is 22.9. The Hall–Kier alpha value is -3.78. The van der Waals surface area contributed by atoms with Gasteiger partial charge in [0.1, 0.15) is 5.78 Å². The molecule has 5 nitrogen and oxygen atoms in total. The molecule has 0 spiro atoms. The summed E-state index contributed by atoms with van der Waals surface area (Å²) in [5.74, 6) is -2.54. The van der Waals surface area contributed by atoms with E-state index in [4.69, 9.17) is 11.6 Å². The van der Waals surface area contributed by atoms with Crippen LogP contribution < -0.4 is 0 Å². The minimum absolute atomic E-state index is 0.0257. The van der Waals surface area contributed by atoms with Crippen LogP contribution in [0.1, 0.15) is 53.4 Å². The number of fused-ring (bicyclic) bond motifs is 2. The Bertz CT molecular complexity index is 2210. The van der Waals surface area contributed by atoms with E-state index in [1.54, 1.807) is 36.4 Å². The molecule has 0 saturated heterocycles. The molecule has 2 fully saturated rings. The van der Waals surface area contributed by atoms with Crippen LogP contribution in [0.15, 0.2) is 125 Å². The molecule has 0 amide bonds. The third-order valence-electron chi connectivity index (χ3n) is 10.6. The second-order valence-electron chi connectivity index (χ2n) is 13.5. The van der Waals surface area contributed by atoms with Crippen molar-refractivity contribution in [2.24, 2.45) is 11.8 Å². The normalized spacial score (nSPS) is 24.7. The number of halogens is 1. The maximum atomic E-state index is 14.8. The SMILES string of the molecule is Cc1ccc([C@@H]2CC(=O)[C@@H]3CC(S(=O)(=O)c4ccc(C)cc4)C(c4cccc5ccccc45)C[C@@H]3C2S(=O)(=O)c2ccc(Cl)cc2)cc1. The summed E-state index contributed by atoms with van der Waals surface area (Å²) in [4.78, 5) is 14.6. The van der Waals surface area contributed by atoms with Crippen molar-refractivity contribution in [3.63, 3.8) is 0 Å². The Morgan fingerprint density at radius 1 is 0.604 bits per heavy atom. The summed E-state index contributed by atoms with van der Waals surface area (Å²) in [5.41, 5.74) is 3.64. The average molecular weight is 697 g/mol. The van der Waals surface area contributed by atoms with E-state index < -0.39 is 53.8 Å². The Morgan fingerprint density at radius 2 is 1.19 bits per heavy atom. The average Bonchev–Trinajstić information content (AvgIpc) is 3.08. The topological polar surface area (TPSA) is 85.3 Å². The number of hydrogen-bond donors (Lipinski definition) is 0. The van der Waals surface area contributed by atoms with Crippen LogP contribution in [0.2, 0.25) is 5.02 Å². The molecule has 2 saturated carbocycles. The second kappa shape index (κ2) is 12.6. The Kier molecular flexibility index (Phi) is 8.59. The molecule has 0 aromatic heterocycles. The lowest BCUT2D eigenvalue weighted by molar-refractivity contribution is -0.128. The van der Waals surface area contributed by atoms with Gasteiger partial charge >= 0.3 is 0 Å². The number of Topliss-reactive ketones (excluding diaryl/α,β-unsaturated/α-hetero) is 1. The zero-order valence-corrected chi connectivity index (χ0v) is 29.2. The van der Waals surface area contributed by atoms with Gasteiger partial charge in [-0.3, -0.25) is 4.79 Å². The van der Waals surface area contributed by atoms with Gasteiger partial charge in [-0.25, -0.2) is 16.8 Å². The van der Waals surface area contributed by atoms with Gasteiger partial charge in [0.05, 0.1) is 20.3 Å². The van der Waals surface area contributed by atoms with E-state index >= 15 is 0 Å². The van der Waals surface area contributed by atoms with E-state index in [1.165, 1.54) is 12.1 Å². The third kappa shape index (κ3) is 5.80. The van der Waals surface area contributed by atoms with Crippen molar-refractivity contribution in [2.45, 2.75) is 65.2 Å². The van der Waals surface area contributed by atoms with Crippen LogP contribution in [0.3, 0.4) is 0 Å². The first kappa shape index (κ1) is 32.8. The Labute approximate surface area is 287 Å². The van der Waals surface area contributed by atoms with Crippen LogP contribution in [0.5, 0.6) is 0 Å². The number of carbonyl (C=O) groups is 1. The predicted octanol–water partition coefficient (Wildman–Crippen LogP) is 8.66. The van der Waals surface area contributed by atoms with E-state index in [-0.39, 0.29) is 34.8 Å². The fourth-order valence-electron chi connectivity index (χ4n) is 8.21. The van der Waals surface area contributed by atoms with Crippen molar-refractivity contribution >= 4 is 47.8 Å². The zero-order valence-electron chi connectivity index (χ0n) is 26.8. The second-order valence-corrected chi connectivity index (χ2v) is 18.2. The molecule has 2 aliphatic carbocycles. The van der Waals surface area contributed by atoms with Crippen LogP contribution in [0, 0.1) is 25.7 Å². The van der Waals surface area contributed by atoms with E-state index in [1.807, 2.05) is 80.6 Å². The lowest BCUT2D eigenvalue weighted by atomic mass is 9.61. The molecule has 2 aliphatic rings. The maximum absolute atomic E-state index is 14.8. The Morgan fingerprint density at radius 3 is 1.88 bits per heavy atom. The van der Waals surface area contributed by atoms with Crippen LogP contribution in [0.25, 0.3) is 10.8 Å². The summed E-state index contributed by atoms with van der Waals surface area (Å²) in [7, 11) is -7.91. The molecule has 7 rings (SSSR count). The van der Waals surface area contributed by atoms with E-state index in [0.717, 1.165) is 33.0 Å². The molecule has 0 aliphatic heterocycles. The maximum Gasteiger partial charge on any atom is 0.182 e. The van der Waals surface area contributed by atoms with Gasteiger partial charge in [-0.15, -0.1) is 0 Å². The smallest absolute Gasteiger partial charge is 0.182 e. The minimum atomic E-state index is -4.00. The van der Waals surface area contributed by atoms with E-state index in [9.17, 15) is 21.6 Å². The number of ketones is 1. The number of benzene rings is 5. The lowest BCUT2D eigenvalue weighted by Crippen LogP contribution is -2.53. The van der Waals surface area contributed by atoms with Crippen LogP contribution in [-0.2, 0) is 24.5 Å². The molecule has 0 bridgehead atoms. The van der Waals surface area contributed by atoms with Gasteiger partial charge in [0.25, 0.3) is 0 Å². The number of rotatable bonds is 6. The van der Waals surface area contributed by atoms with Gasteiger partial charge in [0.15, 0.2) is 19.7 Å². The molecule has 0 N–H and O–H groups in total. The first-order valence-electron chi connectivity index (χ1n) is 16.3. The number of carbonyl (C=O) groups excluding carboxylic acids is 1. The highest BCUT2D eigenvalue weighted by atomic mass is 35.5. The van der Waals surface area contributed by atoms with Gasteiger partial charge in [0.2, 0.25) is 0 Å². The summed E-state index contributed by atoms with van der Waals surface area (Å²) in [6.45, 7) is 3.88.